The van der Waals surface area contributed by atoms with Crippen LogP contribution in [0, 0.1) is 0 Å². The van der Waals surface area contributed by atoms with Gasteiger partial charge in [-0.3, -0.25) is 4.79 Å². The van der Waals surface area contributed by atoms with Crippen LogP contribution in [0.5, 0.6) is 0 Å². The Bertz CT molecular complexity index is 1020. The van der Waals surface area contributed by atoms with Crippen molar-refractivity contribution in [1.29, 1.82) is 0 Å². The summed E-state index contributed by atoms with van der Waals surface area (Å²) in [5.41, 5.74) is 0.578. The first-order chi connectivity index (χ1) is 14.1. The van der Waals surface area contributed by atoms with E-state index in [1.807, 2.05) is 24.3 Å². The molecule has 1 N–H and O–H groups in total. The summed E-state index contributed by atoms with van der Waals surface area (Å²) in [5, 5.41) is 6.51. The van der Waals surface area contributed by atoms with E-state index in [4.69, 9.17) is 4.52 Å². The van der Waals surface area contributed by atoms with Gasteiger partial charge >= 0.3 is 6.18 Å². The standard InChI is InChI=1S/C21H19BrF3N3O2/c1-28(2)18(14-4-3-5-15(10-14)21(23,24)25)12-26-20(29)17-11-19(30-27-17)13-6-8-16(22)9-7-13/h3-11,18H,12H2,1-2H3,(H,26,29)/t18-/m1/s1. The van der Waals surface area contributed by atoms with Gasteiger partial charge in [-0.1, -0.05) is 45.4 Å². The Labute approximate surface area is 180 Å². The highest BCUT2D eigenvalue weighted by atomic mass is 79.9. The lowest BCUT2D eigenvalue weighted by Gasteiger charge is -2.25. The number of nitrogens with zero attached hydrogens (tertiary/aromatic N) is 2. The van der Waals surface area contributed by atoms with Crippen LogP contribution in [-0.4, -0.2) is 36.6 Å². The number of hydrogen-bond acceptors (Lipinski definition) is 4. The molecule has 1 aromatic heterocycles. The molecule has 0 saturated heterocycles. The van der Waals surface area contributed by atoms with Crippen LogP contribution in [0.25, 0.3) is 11.3 Å². The number of nitrogens with one attached hydrogen (secondary N) is 1. The molecule has 1 atom stereocenters. The number of carbonyl (C=O) groups excluding carboxylic acids is 1. The van der Waals surface area contributed by atoms with E-state index in [1.54, 1.807) is 25.1 Å². The number of likely N-dealkylation sites (N-methyl/N-ethyl adjacent to an activating group) is 1. The molecule has 30 heavy (non-hydrogen) atoms. The van der Waals surface area contributed by atoms with E-state index in [9.17, 15) is 18.0 Å². The maximum atomic E-state index is 13.0. The third-order valence-corrected chi connectivity index (χ3v) is 5.08. The molecule has 0 aliphatic carbocycles. The molecule has 0 aliphatic heterocycles. The molecular weight excluding hydrogens is 463 g/mol. The van der Waals surface area contributed by atoms with Gasteiger partial charge in [0.15, 0.2) is 11.5 Å². The summed E-state index contributed by atoms with van der Waals surface area (Å²) in [6.07, 6.45) is -4.43. The second-order valence-corrected chi connectivity index (χ2v) is 7.81. The summed E-state index contributed by atoms with van der Waals surface area (Å²) in [6.45, 7) is 0.105. The normalized spacial score (nSPS) is 12.8. The first kappa shape index (κ1) is 22.0. The first-order valence-electron chi connectivity index (χ1n) is 8.99. The second kappa shape index (κ2) is 9.01. The maximum absolute atomic E-state index is 13.0. The van der Waals surface area contributed by atoms with Crippen molar-refractivity contribution in [2.75, 3.05) is 20.6 Å². The van der Waals surface area contributed by atoms with Crippen molar-refractivity contribution in [3.63, 3.8) is 0 Å². The van der Waals surface area contributed by atoms with Gasteiger partial charge < -0.3 is 14.7 Å². The topological polar surface area (TPSA) is 58.4 Å². The fourth-order valence-electron chi connectivity index (χ4n) is 2.93. The van der Waals surface area contributed by atoms with E-state index in [1.165, 1.54) is 12.1 Å². The lowest BCUT2D eigenvalue weighted by Crippen LogP contribution is -2.34. The molecule has 0 aliphatic rings. The lowest BCUT2D eigenvalue weighted by molar-refractivity contribution is -0.137. The Balaban J connectivity index is 1.71. The molecular formula is C21H19BrF3N3O2. The SMILES string of the molecule is CN(C)[C@H](CNC(=O)c1cc(-c2ccc(Br)cc2)on1)c1cccc(C(F)(F)F)c1. The van der Waals surface area contributed by atoms with Crippen molar-refractivity contribution < 1.29 is 22.5 Å². The van der Waals surface area contributed by atoms with E-state index < -0.39 is 23.7 Å². The van der Waals surface area contributed by atoms with E-state index in [-0.39, 0.29) is 12.2 Å². The summed E-state index contributed by atoms with van der Waals surface area (Å²) < 4.78 is 45.2. The second-order valence-electron chi connectivity index (χ2n) is 6.90. The van der Waals surface area contributed by atoms with Crippen molar-refractivity contribution in [3.05, 3.63) is 75.9 Å². The highest BCUT2D eigenvalue weighted by Crippen LogP contribution is 2.31. The van der Waals surface area contributed by atoms with Gasteiger partial charge in [-0.2, -0.15) is 13.2 Å². The minimum atomic E-state index is -4.43. The molecule has 0 fully saturated rings. The maximum Gasteiger partial charge on any atom is 0.416 e. The minimum Gasteiger partial charge on any atom is -0.355 e. The molecule has 5 nitrogen and oxygen atoms in total. The smallest absolute Gasteiger partial charge is 0.355 e. The number of carbonyl (C=O) groups is 1. The Morgan fingerprint density at radius 1 is 1.17 bits per heavy atom. The molecule has 1 amide bonds. The van der Waals surface area contributed by atoms with E-state index >= 15 is 0 Å². The van der Waals surface area contributed by atoms with Crippen molar-refractivity contribution in [2.45, 2.75) is 12.2 Å². The van der Waals surface area contributed by atoms with Gasteiger partial charge in [-0.05, 0) is 43.9 Å². The average molecular weight is 482 g/mol. The number of halogens is 4. The molecule has 2 aromatic carbocycles. The Morgan fingerprint density at radius 2 is 1.87 bits per heavy atom. The summed E-state index contributed by atoms with van der Waals surface area (Å²) in [5.74, 6) is -0.0318. The van der Waals surface area contributed by atoms with Crippen LogP contribution in [0.4, 0.5) is 13.2 Å². The molecule has 0 unspecified atom stereocenters. The predicted octanol–water partition coefficient (Wildman–Crippen LogP) is 5.16. The van der Waals surface area contributed by atoms with Gasteiger partial charge in [0.25, 0.3) is 5.91 Å². The van der Waals surface area contributed by atoms with Gasteiger partial charge in [0, 0.05) is 22.6 Å². The van der Waals surface area contributed by atoms with Crippen LogP contribution in [0.1, 0.15) is 27.7 Å². The van der Waals surface area contributed by atoms with Gasteiger partial charge in [-0.25, -0.2) is 0 Å². The monoisotopic (exact) mass is 481 g/mol. The van der Waals surface area contributed by atoms with Gasteiger partial charge in [0.1, 0.15) is 0 Å². The third kappa shape index (κ3) is 5.28. The summed E-state index contributed by atoms with van der Waals surface area (Å²) in [7, 11) is 3.47. The number of aromatic nitrogens is 1. The van der Waals surface area contributed by atoms with Crippen molar-refractivity contribution >= 4 is 21.8 Å². The third-order valence-electron chi connectivity index (χ3n) is 4.55. The molecule has 9 heteroatoms. The largest absolute Gasteiger partial charge is 0.416 e. The predicted molar refractivity (Wildman–Crippen MR) is 110 cm³/mol. The number of benzene rings is 2. The molecule has 3 rings (SSSR count). The Kier molecular flexibility index (Phi) is 6.62. The Hall–Kier alpha value is -2.65. The van der Waals surface area contributed by atoms with E-state index in [0.717, 1.165) is 22.2 Å². The fraction of sp³-hybridized carbons (Fsp3) is 0.238. The van der Waals surface area contributed by atoms with Gasteiger partial charge in [-0.15, -0.1) is 0 Å². The zero-order valence-corrected chi connectivity index (χ0v) is 17.8. The molecule has 158 valence electrons. The molecule has 1 heterocycles. The van der Waals surface area contributed by atoms with Crippen LogP contribution in [0.2, 0.25) is 0 Å². The number of hydrogen-bond donors (Lipinski definition) is 1. The number of alkyl halides is 3. The fourth-order valence-corrected chi connectivity index (χ4v) is 3.20. The van der Waals surface area contributed by atoms with Crippen molar-refractivity contribution in [1.82, 2.24) is 15.4 Å². The van der Waals surface area contributed by atoms with Crippen LogP contribution in [-0.2, 0) is 6.18 Å². The highest BCUT2D eigenvalue weighted by Gasteiger charge is 2.31. The number of amides is 1. The Morgan fingerprint density at radius 3 is 2.50 bits per heavy atom. The molecule has 0 radical (unpaired) electrons. The zero-order valence-electron chi connectivity index (χ0n) is 16.2. The van der Waals surface area contributed by atoms with Crippen LogP contribution in [0.15, 0.2) is 63.6 Å². The van der Waals surface area contributed by atoms with Crippen molar-refractivity contribution in [3.8, 4) is 11.3 Å². The van der Waals surface area contributed by atoms with E-state index in [0.29, 0.717) is 11.3 Å². The lowest BCUT2D eigenvalue weighted by atomic mass is 10.0. The molecule has 3 aromatic rings. The van der Waals surface area contributed by atoms with Gasteiger partial charge in [0.05, 0.1) is 11.6 Å². The highest BCUT2D eigenvalue weighted by molar-refractivity contribution is 9.10. The summed E-state index contributed by atoms with van der Waals surface area (Å²) >= 11 is 3.35. The first-order valence-corrected chi connectivity index (χ1v) is 9.79. The van der Waals surface area contributed by atoms with Crippen LogP contribution < -0.4 is 5.32 Å². The zero-order chi connectivity index (χ0) is 21.9. The summed E-state index contributed by atoms with van der Waals surface area (Å²) in [4.78, 5) is 14.2. The average Bonchev–Trinajstić information content (AvgIpc) is 3.18. The summed E-state index contributed by atoms with van der Waals surface area (Å²) in [6, 6.07) is 13.5. The van der Waals surface area contributed by atoms with Crippen LogP contribution >= 0.6 is 15.9 Å². The quantitative estimate of drug-likeness (QED) is 0.528. The number of rotatable bonds is 6. The van der Waals surface area contributed by atoms with E-state index in [2.05, 4.69) is 26.4 Å². The van der Waals surface area contributed by atoms with Gasteiger partial charge in [0.2, 0.25) is 0 Å². The molecule has 0 spiro atoms. The molecule has 0 bridgehead atoms. The van der Waals surface area contributed by atoms with Crippen LogP contribution in [0.3, 0.4) is 0 Å². The minimum absolute atomic E-state index is 0.0921. The van der Waals surface area contributed by atoms with Crippen molar-refractivity contribution in [2.24, 2.45) is 0 Å². The molecule has 0 saturated carbocycles.